The topological polar surface area (TPSA) is 42.1 Å². The number of benzene rings is 1. The van der Waals surface area contributed by atoms with Crippen LogP contribution in [-0.4, -0.2) is 16.0 Å². The predicted octanol–water partition coefficient (Wildman–Crippen LogP) is 3.12. The number of fused-ring (bicyclic) bond motifs is 1. The van der Waals surface area contributed by atoms with E-state index in [-0.39, 0.29) is 5.56 Å². The Morgan fingerprint density at radius 2 is 2.00 bits per heavy atom. The first-order chi connectivity index (χ1) is 8.29. The Morgan fingerprint density at radius 1 is 1.18 bits per heavy atom. The van der Waals surface area contributed by atoms with Crippen molar-refractivity contribution in [3.05, 3.63) is 40.7 Å². The number of hydrogen-bond donors (Lipinski definition) is 1. The monoisotopic (exact) mass is 343 g/mol. The molecule has 0 aliphatic carbocycles. The predicted molar refractivity (Wildman–Crippen MR) is 78.2 cm³/mol. The first-order valence-electron chi connectivity index (χ1n) is 5.61. The molecule has 0 amide bonds. The summed E-state index contributed by atoms with van der Waals surface area (Å²) in [6.07, 6.45) is 2.23. The number of halogens is 1. The number of aromatic amines is 1. The lowest BCUT2D eigenvalue weighted by molar-refractivity contribution is 0.310. The summed E-state index contributed by atoms with van der Waals surface area (Å²) in [6.45, 7) is 0.728. The summed E-state index contributed by atoms with van der Waals surface area (Å²) < 4.78 is 6.79. The van der Waals surface area contributed by atoms with E-state index in [1.54, 1.807) is 0 Å². The van der Waals surface area contributed by atoms with Gasteiger partial charge in [0.25, 0.3) is 0 Å². The second-order valence-electron chi connectivity index (χ2n) is 3.82. The maximum Gasteiger partial charge on any atom is 0.248 e. The van der Waals surface area contributed by atoms with E-state index in [2.05, 4.69) is 27.6 Å². The van der Waals surface area contributed by atoms with Gasteiger partial charge in [-0.05, 0) is 40.9 Å². The number of hydrogen-bond acceptors (Lipinski definition) is 2. The lowest BCUT2D eigenvalue weighted by atomic mass is 10.2. The van der Waals surface area contributed by atoms with Crippen molar-refractivity contribution in [3.63, 3.8) is 0 Å². The number of H-pyrrole nitrogens is 1. The molecule has 0 radical (unpaired) electrons. The van der Waals surface area contributed by atoms with Crippen LogP contribution in [0.25, 0.3) is 10.9 Å². The number of unbranched alkanes of at least 4 members (excludes halogenated alkanes) is 1. The van der Waals surface area contributed by atoms with Crippen molar-refractivity contribution in [2.45, 2.75) is 12.8 Å². The molecular weight excluding hydrogens is 329 g/mol. The van der Waals surface area contributed by atoms with Gasteiger partial charge in [-0.3, -0.25) is 4.79 Å². The molecule has 2 aromatic rings. The minimum absolute atomic E-state index is 0.0837. The van der Waals surface area contributed by atoms with Crippen LogP contribution in [0.2, 0.25) is 0 Å². The Morgan fingerprint density at radius 3 is 2.82 bits per heavy atom. The second-order valence-corrected chi connectivity index (χ2v) is 4.89. The lowest BCUT2D eigenvalue weighted by Gasteiger charge is -2.06. The summed E-state index contributed by atoms with van der Waals surface area (Å²) in [6, 6.07) is 9.11. The Kier molecular flexibility index (Phi) is 4.42. The smallest absolute Gasteiger partial charge is 0.248 e. The van der Waals surface area contributed by atoms with E-state index in [9.17, 15) is 4.79 Å². The van der Waals surface area contributed by atoms with Gasteiger partial charge in [0, 0.05) is 12.1 Å². The van der Waals surface area contributed by atoms with E-state index >= 15 is 0 Å². The molecular formula is C13H14INO2. The Balaban J connectivity index is 2.11. The highest BCUT2D eigenvalue weighted by molar-refractivity contribution is 14.1. The van der Waals surface area contributed by atoms with Gasteiger partial charge in [0.05, 0.1) is 12.1 Å². The fourth-order valence-electron chi connectivity index (χ4n) is 1.61. The molecule has 0 bridgehead atoms. The summed E-state index contributed by atoms with van der Waals surface area (Å²) in [5, 5.41) is 1.02. The van der Waals surface area contributed by atoms with E-state index in [0.29, 0.717) is 0 Å². The maximum atomic E-state index is 11.2. The summed E-state index contributed by atoms with van der Waals surface area (Å²) in [5.41, 5.74) is 0.739. The minimum atomic E-state index is -0.0837. The van der Waals surface area contributed by atoms with Gasteiger partial charge in [-0.2, -0.15) is 0 Å². The first kappa shape index (κ1) is 12.4. The van der Waals surface area contributed by atoms with E-state index in [0.717, 1.165) is 34.1 Å². The van der Waals surface area contributed by atoms with Gasteiger partial charge in [-0.1, -0.05) is 22.6 Å². The van der Waals surface area contributed by atoms with E-state index in [1.807, 2.05) is 24.3 Å². The molecule has 17 heavy (non-hydrogen) atoms. The summed E-state index contributed by atoms with van der Waals surface area (Å²) in [5.74, 6) is 0.813. The van der Waals surface area contributed by atoms with Crippen molar-refractivity contribution in [1.82, 2.24) is 4.98 Å². The molecule has 1 aromatic heterocycles. The third kappa shape index (κ3) is 3.46. The number of ether oxygens (including phenoxy) is 1. The van der Waals surface area contributed by atoms with Gasteiger partial charge in [0.1, 0.15) is 5.75 Å². The van der Waals surface area contributed by atoms with Crippen LogP contribution in [-0.2, 0) is 0 Å². The number of aromatic nitrogens is 1. The van der Waals surface area contributed by atoms with Crippen molar-refractivity contribution in [1.29, 1.82) is 0 Å². The van der Waals surface area contributed by atoms with Gasteiger partial charge < -0.3 is 9.72 Å². The van der Waals surface area contributed by atoms with Gasteiger partial charge in [0.2, 0.25) is 5.56 Å². The molecule has 1 N–H and O–H groups in total. The molecule has 3 nitrogen and oxygen atoms in total. The maximum absolute atomic E-state index is 11.2. The van der Waals surface area contributed by atoms with Crippen molar-refractivity contribution < 1.29 is 4.74 Å². The van der Waals surface area contributed by atoms with Gasteiger partial charge in [-0.15, -0.1) is 0 Å². The minimum Gasteiger partial charge on any atom is -0.494 e. The molecule has 0 atom stereocenters. The Labute approximate surface area is 113 Å². The quantitative estimate of drug-likeness (QED) is 0.515. The molecule has 2 rings (SSSR count). The molecule has 0 spiro atoms. The summed E-state index contributed by atoms with van der Waals surface area (Å²) >= 11 is 2.36. The fourth-order valence-corrected chi connectivity index (χ4v) is 2.14. The van der Waals surface area contributed by atoms with E-state index < -0.39 is 0 Å². The molecule has 0 aliphatic heterocycles. The van der Waals surface area contributed by atoms with Gasteiger partial charge >= 0.3 is 0 Å². The average Bonchev–Trinajstić information content (AvgIpc) is 2.34. The zero-order chi connectivity index (χ0) is 12.1. The third-order valence-electron chi connectivity index (χ3n) is 2.49. The fraction of sp³-hybridized carbons (Fsp3) is 0.308. The molecule has 0 aliphatic rings. The molecule has 0 fully saturated rings. The summed E-state index contributed by atoms with van der Waals surface area (Å²) in [7, 11) is 0. The molecule has 1 aromatic carbocycles. The SMILES string of the molecule is O=c1ccc2ccc(OCCCCI)cc2[nH]1. The molecule has 0 saturated carbocycles. The third-order valence-corrected chi connectivity index (χ3v) is 3.26. The van der Waals surface area contributed by atoms with E-state index in [4.69, 9.17) is 4.74 Å². The number of rotatable bonds is 5. The highest BCUT2D eigenvalue weighted by Crippen LogP contribution is 2.18. The second kappa shape index (κ2) is 6.05. The van der Waals surface area contributed by atoms with Crippen molar-refractivity contribution in [2.75, 3.05) is 11.0 Å². The first-order valence-corrected chi connectivity index (χ1v) is 7.14. The number of pyridine rings is 1. The van der Waals surface area contributed by atoms with Crippen LogP contribution in [0.1, 0.15) is 12.8 Å². The average molecular weight is 343 g/mol. The van der Waals surface area contributed by atoms with Gasteiger partial charge in [-0.25, -0.2) is 0 Å². The van der Waals surface area contributed by atoms with Crippen LogP contribution in [0.15, 0.2) is 35.1 Å². The van der Waals surface area contributed by atoms with Crippen molar-refractivity contribution >= 4 is 33.5 Å². The largest absolute Gasteiger partial charge is 0.494 e. The Bertz CT molecular complexity index is 550. The standard InChI is InChI=1S/C13H14INO2/c14-7-1-2-8-17-11-5-3-10-4-6-13(16)15-12(10)9-11/h3-6,9H,1-2,7-8H2,(H,15,16). The lowest BCUT2D eigenvalue weighted by Crippen LogP contribution is -2.03. The van der Waals surface area contributed by atoms with E-state index in [1.165, 1.54) is 12.5 Å². The number of alkyl halides is 1. The highest BCUT2D eigenvalue weighted by Gasteiger charge is 1.98. The van der Waals surface area contributed by atoms with Crippen molar-refractivity contribution in [3.8, 4) is 5.75 Å². The van der Waals surface area contributed by atoms with Crippen LogP contribution in [0.4, 0.5) is 0 Å². The molecule has 0 saturated heterocycles. The van der Waals surface area contributed by atoms with Crippen LogP contribution in [0.3, 0.4) is 0 Å². The molecule has 0 unspecified atom stereocenters. The molecule has 90 valence electrons. The Hall–Kier alpha value is -1.04. The highest BCUT2D eigenvalue weighted by atomic mass is 127. The van der Waals surface area contributed by atoms with Gasteiger partial charge in [0.15, 0.2) is 0 Å². The zero-order valence-electron chi connectivity index (χ0n) is 9.41. The van der Waals surface area contributed by atoms with Crippen LogP contribution >= 0.6 is 22.6 Å². The molecule has 1 heterocycles. The van der Waals surface area contributed by atoms with Crippen LogP contribution < -0.4 is 10.3 Å². The van der Waals surface area contributed by atoms with Crippen LogP contribution in [0, 0.1) is 0 Å². The number of nitrogens with one attached hydrogen (secondary N) is 1. The normalized spacial score (nSPS) is 10.6. The van der Waals surface area contributed by atoms with Crippen molar-refractivity contribution in [2.24, 2.45) is 0 Å². The molecule has 4 heteroatoms. The van der Waals surface area contributed by atoms with Crippen LogP contribution in [0.5, 0.6) is 5.75 Å². The summed E-state index contributed by atoms with van der Waals surface area (Å²) in [4.78, 5) is 14.0. The zero-order valence-corrected chi connectivity index (χ0v) is 11.6.